The molecule has 2 fully saturated rings. The lowest BCUT2D eigenvalue weighted by atomic mass is 9.83. The maximum Gasteiger partial charge on any atom is 0.248 e. The van der Waals surface area contributed by atoms with E-state index in [1.807, 2.05) is 7.05 Å². The Hall–Kier alpha value is -1.79. The van der Waals surface area contributed by atoms with Gasteiger partial charge in [0.05, 0.1) is 37.9 Å². The average Bonchev–Trinajstić information content (AvgIpc) is 2.87. The Kier molecular flexibility index (Phi) is 11.6. The van der Waals surface area contributed by atoms with Crippen molar-refractivity contribution in [1.29, 1.82) is 0 Å². The third-order valence-corrected chi connectivity index (χ3v) is 10.4. The van der Waals surface area contributed by atoms with Gasteiger partial charge in [0.2, 0.25) is 15.9 Å². The zero-order valence-corrected chi connectivity index (χ0v) is 25.1. The SMILES string of the molecule is COc1cc(C)c(S(=O)(=O)N(C)CCOCC(=O)N(C)C2CCC(CCN(C)C3COC3)CC2)c(C(C)F)c1. The Morgan fingerprint density at radius 1 is 1.10 bits per heavy atom. The summed E-state index contributed by atoms with van der Waals surface area (Å²) in [4.78, 5) is 16.9. The average molecular weight is 572 g/mol. The Bertz CT molecular complexity index is 1060. The van der Waals surface area contributed by atoms with Crippen LogP contribution < -0.4 is 4.74 Å². The third kappa shape index (κ3) is 8.13. The van der Waals surface area contributed by atoms with Crippen LogP contribution in [0.2, 0.25) is 0 Å². The van der Waals surface area contributed by atoms with E-state index in [4.69, 9.17) is 14.2 Å². The van der Waals surface area contributed by atoms with Crippen molar-refractivity contribution in [3.63, 3.8) is 0 Å². The Morgan fingerprint density at radius 3 is 2.33 bits per heavy atom. The van der Waals surface area contributed by atoms with E-state index in [-0.39, 0.29) is 42.2 Å². The largest absolute Gasteiger partial charge is 0.497 e. The molecule has 39 heavy (non-hydrogen) atoms. The van der Waals surface area contributed by atoms with E-state index in [9.17, 15) is 17.6 Å². The van der Waals surface area contributed by atoms with Crippen LogP contribution in [-0.4, -0.2) is 108 Å². The number of rotatable bonds is 14. The predicted molar refractivity (Wildman–Crippen MR) is 148 cm³/mol. The molecule has 0 spiro atoms. The molecule has 1 aromatic rings. The molecule has 9 nitrogen and oxygen atoms in total. The van der Waals surface area contributed by atoms with Gasteiger partial charge in [-0.2, -0.15) is 4.31 Å². The topological polar surface area (TPSA) is 88.6 Å². The van der Waals surface area contributed by atoms with Crippen LogP contribution >= 0.6 is 0 Å². The van der Waals surface area contributed by atoms with Gasteiger partial charge in [-0.3, -0.25) is 9.69 Å². The van der Waals surface area contributed by atoms with Gasteiger partial charge in [-0.05, 0) is 83.2 Å². The molecule has 1 unspecified atom stereocenters. The number of likely N-dealkylation sites (N-methyl/N-ethyl adjacent to an activating group) is 3. The van der Waals surface area contributed by atoms with Crippen molar-refractivity contribution in [3.8, 4) is 5.75 Å². The van der Waals surface area contributed by atoms with E-state index in [0.717, 1.165) is 49.7 Å². The second kappa shape index (κ2) is 14.2. The van der Waals surface area contributed by atoms with E-state index in [1.165, 1.54) is 33.6 Å². The highest BCUT2D eigenvalue weighted by atomic mass is 32.2. The molecule has 1 atom stereocenters. The summed E-state index contributed by atoms with van der Waals surface area (Å²) >= 11 is 0. The number of ether oxygens (including phenoxy) is 3. The van der Waals surface area contributed by atoms with Crippen molar-refractivity contribution in [2.75, 3.05) is 67.8 Å². The molecule has 0 aromatic heterocycles. The molecule has 11 heteroatoms. The Labute approximate surface area is 233 Å². The van der Waals surface area contributed by atoms with Gasteiger partial charge in [0.1, 0.15) is 18.5 Å². The molecule has 222 valence electrons. The van der Waals surface area contributed by atoms with Gasteiger partial charge in [0.15, 0.2) is 0 Å². The van der Waals surface area contributed by atoms with E-state index in [1.54, 1.807) is 17.9 Å². The van der Waals surface area contributed by atoms with Crippen LogP contribution in [0.3, 0.4) is 0 Å². The highest BCUT2D eigenvalue weighted by Gasteiger charge is 2.30. The van der Waals surface area contributed by atoms with Crippen LogP contribution in [-0.2, 0) is 24.3 Å². The van der Waals surface area contributed by atoms with Gasteiger partial charge in [-0.15, -0.1) is 0 Å². The van der Waals surface area contributed by atoms with E-state index < -0.39 is 16.2 Å². The first-order valence-electron chi connectivity index (χ1n) is 13.9. The number of carbonyl (C=O) groups is 1. The smallest absolute Gasteiger partial charge is 0.248 e. The van der Waals surface area contributed by atoms with Crippen LogP contribution in [0, 0.1) is 12.8 Å². The summed E-state index contributed by atoms with van der Waals surface area (Å²) < 4.78 is 58.0. The van der Waals surface area contributed by atoms with Crippen LogP contribution in [0.25, 0.3) is 0 Å². The summed E-state index contributed by atoms with van der Waals surface area (Å²) in [6.07, 6.45) is 3.90. The molecule has 1 aromatic carbocycles. The van der Waals surface area contributed by atoms with Crippen molar-refractivity contribution in [2.45, 2.75) is 69.1 Å². The number of aryl methyl sites for hydroxylation is 1. The van der Waals surface area contributed by atoms with Gasteiger partial charge >= 0.3 is 0 Å². The van der Waals surface area contributed by atoms with Gasteiger partial charge in [-0.1, -0.05) is 0 Å². The number of halogens is 1. The van der Waals surface area contributed by atoms with Gasteiger partial charge < -0.3 is 19.1 Å². The zero-order chi connectivity index (χ0) is 28.7. The van der Waals surface area contributed by atoms with Crippen molar-refractivity contribution in [2.24, 2.45) is 5.92 Å². The summed E-state index contributed by atoms with van der Waals surface area (Å²) in [5, 5.41) is 0. The summed E-state index contributed by atoms with van der Waals surface area (Å²) in [5.74, 6) is 0.991. The first-order chi connectivity index (χ1) is 18.4. The molecule has 1 saturated carbocycles. The second-order valence-corrected chi connectivity index (χ2v) is 13.0. The summed E-state index contributed by atoms with van der Waals surface area (Å²) in [6.45, 7) is 5.67. The predicted octanol–water partition coefficient (Wildman–Crippen LogP) is 3.41. The minimum Gasteiger partial charge on any atom is -0.497 e. The molecule has 1 aliphatic heterocycles. The quantitative estimate of drug-likeness (QED) is 0.316. The van der Waals surface area contributed by atoms with E-state index in [2.05, 4.69) is 11.9 Å². The zero-order valence-electron chi connectivity index (χ0n) is 24.3. The molecule has 1 amide bonds. The standard InChI is InChI=1S/C28H46FN3O6S/c1-20-15-25(36-6)16-26(21(2)29)28(20)39(34,35)31(4)13-14-37-19-27(33)32(5)23-9-7-22(8-10-23)11-12-30(3)24-17-38-18-24/h15-16,21-24H,7-14,17-19H2,1-6H3. The molecule has 0 radical (unpaired) electrons. The molecule has 3 rings (SSSR count). The number of benzene rings is 1. The number of methoxy groups -OCH3 is 1. The van der Waals surface area contributed by atoms with Crippen molar-refractivity contribution < 1.29 is 31.8 Å². The molecular weight excluding hydrogens is 525 g/mol. The number of amides is 1. The minimum atomic E-state index is -3.97. The fourth-order valence-electron chi connectivity index (χ4n) is 5.33. The summed E-state index contributed by atoms with van der Waals surface area (Å²) in [5.41, 5.74) is 0.472. The van der Waals surface area contributed by atoms with E-state index >= 15 is 0 Å². The van der Waals surface area contributed by atoms with Crippen LogP contribution in [0.1, 0.15) is 56.3 Å². The maximum atomic E-state index is 14.3. The molecular formula is C28H46FN3O6S. The van der Waals surface area contributed by atoms with Gasteiger partial charge in [0, 0.05) is 32.2 Å². The maximum absolute atomic E-state index is 14.3. The van der Waals surface area contributed by atoms with E-state index in [0.29, 0.717) is 23.3 Å². The van der Waals surface area contributed by atoms with Crippen LogP contribution in [0.5, 0.6) is 5.75 Å². The third-order valence-electron chi connectivity index (χ3n) is 8.28. The monoisotopic (exact) mass is 571 g/mol. The second-order valence-electron chi connectivity index (χ2n) is 11.0. The Balaban J connectivity index is 1.42. The van der Waals surface area contributed by atoms with Crippen molar-refractivity contribution >= 4 is 15.9 Å². The van der Waals surface area contributed by atoms with Crippen molar-refractivity contribution in [3.05, 3.63) is 23.3 Å². The molecule has 0 N–H and O–H groups in total. The first kappa shape index (κ1) is 31.7. The minimum absolute atomic E-state index is 0.0391. The highest BCUT2D eigenvalue weighted by Crippen LogP contribution is 2.34. The fraction of sp³-hybridized carbons (Fsp3) is 0.750. The van der Waals surface area contributed by atoms with Crippen LogP contribution in [0.4, 0.5) is 4.39 Å². The lowest BCUT2D eigenvalue weighted by Gasteiger charge is -2.37. The number of hydrogen-bond donors (Lipinski definition) is 0. The fourth-order valence-corrected chi connectivity index (χ4v) is 6.95. The first-order valence-corrected chi connectivity index (χ1v) is 15.3. The summed E-state index contributed by atoms with van der Waals surface area (Å²) in [6, 6.07) is 3.76. The number of nitrogens with zero attached hydrogens (tertiary/aromatic N) is 3. The number of alkyl halides is 1. The van der Waals surface area contributed by atoms with Gasteiger partial charge in [0.25, 0.3) is 0 Å². The number of carbonyl (C=O) groups excluding carboxylic acids is 1. The molecule has 1 saturated heterocycles. The number of sulfonamides is 1. The normalized spacial score (nSPS) is 21.2. The van der Waals surface area contributed by atoms with Gasteiger partial charge in [-0.25, -0.2) is 12.8 Å². The lowest BCUT2D eigenvalue weighted by molar-refractivity contribution is -0.137. The Morgan fingerprint density at radius 2 is 1.77 bits per heavy atom. The molecule has 0 bridgehead atoms. The molecule has 2 aliphatic rings. The molecule has 1 aliphatic carbocycles. The number of hydrogen-bond acceptors (Lipinski definition) is 7. The van der Waals surface area contributed by atoms with Crippen molar-refractivity contribution in [1.82, 2.24) is 14.1 Å². The molecule has 1 heterocycles. The lowest BCUT2D eigenvalue weighted by Crippen LogP contribution is -2.47. The summed E-state index contributed by atoms with van der Waals surface area (Å²) in [7, 11) is 2.90. The van der Waals surface area contributed by atoms with Crippen LogP contribution in [0.15, 0.2) is 17.0 Å². The highest BCUT2D eigenvalue weighted by molar-refractivity contribution is 7.89.